The van der Waals surface area contributed by atoms with E-state index in [0.29, 0.717) is 37.0 Å². The van der Waals surface area contributed by atoms with Gasteiger partial charge in [-0.05, 0) is 65.5 Å². The summed E-state index contributed by atoms with van der Waals surface area (Å²) in [6, 6.07) is 16.4. The topological polar surface area (TPSA) is 123 Å². The minimum atomic E-state index is -0.241. The van der Waals surface area contributed by atoms with Gasteiger partial charge in [0.25, 0.3) is 0 Å². The molecule has 1 aliphatic rings. The minimum absolute atomic E-state index is 0.0805. The van der Waals surface area contributed by atoms with Crippen molar-refractivity contribution in [2.24, 2.45) is 0 Å². The molecule has 1 aromatic heterocycles. The number of amides is 4. The fraction of sp³-hybridized carbons (Fsp3) is 0.280. The highest BCUT2D eigenvalue weighted by Gasteiger charge is 2.17. The third-order valence-electron chi connectivity index (χ3n) is 5.47. The zero-order valence-electron chi connectivity index (χ0n) is 19.8. The number of rotatable bonds is 9. The summed E-state index contributed by atoms with van der Waals surface area (Å²) in [6.45, 7) is 2.71. The smallest absolute Gasteiger partial charge is 0.321 e. The van der Waals surface area contributed by atoms with Gasteiger partial charge >= 0.3 is 12.1 Å². The predicted octanol–water partition coefficient (Wildman–Crippen LogP) is 5.23. The molecule has 1 fully saturated rings. The van der Waals surface area contributed by atoms with E-state index in [0.717, 1.165) is 41.8 Å². The van der Waals surface area contributed by atoms with E-state index in [-0.39, 0.29) is 12.1 Å². The van der Waals surface area contributed by atoms with Crippen molar-refractivity contribution >= 4 is 56.8 Å². The Morgan fingerprint density at radius 1 is 0.917 bits per heavy atom. The maximum atomic E-state index is 12.4. The third kappa shape index (κ3) is 7.57. The van der Waals surface area contributed by atoms with E-state index in [1.54, 1.807) is 6.20 Å². The molecule has 10 nitrogen and oxygen atoms in total. The number of anilines is 5. The molecule has 0 spiro atoms. The van der Waals surface area contributed by atoms with Crippen LogP contribution in [0.4, 0.5) is 38.4 Å². The molecule has 0 bridgehead atoms. The fourth-order valence-electron chi connectivity index (χ4n) is 3.67. The molecule has 0 saturated carbocycles. The summed E-state index contributed by atoms with van der Waals surface area (Å²) in [5.41, 5.74) is 2.21. The lowest BCUT2D eigenvalue weighted by molar-refractivity contribution is 0.222. The summed E-state index contributed by atoms with van der Waals surface area (Å²) in [7, 11) is 0. The summed E-state index contributed by atoms with van der Waals surface area (Å²) in [5, 5.41) is 15.0. The lowest BCUT2D eigenvalue weighted by atomic mass is 10.3. The molecule has 0 unspecified atom stereocenters. The Labute approximate surface area is 218 Å². The Morgan fingerprint density at radius 3 is 2.47 bits per heavy atom. The van der Waals surface area contributed by atoms with E-state index in [1.807, 2.05) is 59.5 Å². The summed E-state index contributed by atoms with van der Waals surface area (Å²) < 4.78 is 0.731. The Morgan fingerprint density at radius 2 is 1.67 bits per heavy atom. The maximum absolute atomic E-state index is 12.4. The molecule has 0 atom stereocenters. The number of aromatic nitrogens is 2. The van der Waals surface area contributed by atoms with Crippen molar-refractivity contribution in [3.05, 3.63) is 65.3 Å². The minimum Gasteiger partial charge on any atom is -0.369 e. The van der Waals surface area contributed by atoms with Crippen LogP contribution in [0.25, 0.3) is 0 Å². The molecule has 1 saturated heterocycles. The second-order valence-corrected chi connectivity index (χ2v) is 9.10. The van der Waals surface area contributed by atoms with Gasteiger partial charge in [0.15, 0.2) is 0 Å². The molecular weight excluding hydrogens is 524 g/mol. The van der Waals surface area contributed by atoms with Gasteiger partial charge in [0.2, 0.25) is 5.95 Å². The number of nitrogens with one attached hydrogen (secondary N) is 5. The van der Waals surface area contributed by atoms with Gasteiger partial charge in [0.1, 0.15) is 5.82 Å². The van der Waals surface area contributed by atoms with Gasteiger partial charge < -0.3 is 31.5 Å². The number of para-hydroxylation sites is 1. The van der Waals surface area contributed by atoms with Crippen molar-refractivity contribution < 1.29 is 9.59 Å². The van der Waals surface area contributed by atoms with E-state index in [2.05, 4.69) is 52.5 Å². The van der Waals surface area contributed by atoms with Gasteiger partial charge in [0.05, 0.1) is 4.47 Å². The van der Waals surface area contributed by atoms with Crippen LogP contribution in [0.15, 0.2) is 65.3 Å². The highest BCUT2D eigenvalue weighted by molar-refractivity contribution is 9.10. The number of likely N-dealkylation sites (tertiary alicyclic amines) is 1. The molecule has 11 heteroatoms. The average molecular weight is 553 g/mol. The number of halogens is 1. The number of urea groups is 2. The van der Waals surface area contributed by atoms with Crippen molar-refractivity contribution in [2.75, 3.05) is 47.4 Å². The van der Waals surface area contributed by atoms with Gasteiger partial charge in [0, 0.05) is 49.4 Å². The first-order valence-corrected chi connectivity index (χ1v) is 12.7. The predicted molar refractivity (Wildman–Crippen MR) is 146 cm³/mol. The van der Waals surface area contributed by atoms with Crippen molar-refractivity contribution in [3.63, 3.8) is 0 Å². The number of carbonyl (C=O) groups is 2. The second kappa shape index (κ2) is 12.7. The van der Waals surface area contributed by atoms with E-state index in [1.165, 1.54) is 0 Å². The number of hydrogen-bond acceptors (Lipinski definition) is 6. The number of hydrogen-bond donors (Lipinski definition) is 5. The number of nitrogens with zero attached hydrogens (tertiary/aromatic N) is 3. The van der Waals surface area contributed by atoms with Crippen LogP contribution >= 0.6 is 15.9 Å². The molecule has 2 aromatic carbocycles. The third-order valence-corrected chi connectivity index (χ3v) is 6.05. The van der Waals surface area contributed by atoms with Crippen LogP contribution in [0.5, 0.6) is 0 Å². The van der Waals surface area contributed by atoms with Crippen molar-refractivity contribution in [2.45, 2.75) is 19.3 Å². The highest BCUT2D eigenvalue weighted by atomic mass is 79.9. The summed E-state index contributed by atoms with van der Waals surface area (Å²) in [5.74, 6) is 1.06. The van der Waals surface area contributed by atoms with Crippen molar-refractivity contribution in [1.29, 1.82) is 0 Å². The van der Waals surface area contributed by atoms with Gasteiger partial charge in [-0.15, -0.1) is 0 Å². The molecule has 0 aliphatic carbocycles. The summed E-state index contributed by atoms with van der Waals surface area (Å²) in [6.07, 6.45) is 4.47. The summed E-state index contributed by atoms with van der Waals surface area (Å²) >= 11 is 3.47. The quantitative estimate of drug-likeness (QED) is 0.231. The van der Waals surface area contributed by atoms with Crippen LogP contribution in [-0.4, -0.2) is 53.1 Å². The van der Waals surface area contributed by atoms with E-state index < -0.39 is 0 Å². The van der Waals surface area contributed by atoms with Crippen LogP contribution in [0.1, 0.15) is 19.3 Å². The lowest BCUT2D eigenvalue weighted by Crippen LogP contribution is -2.32. The Balaban J connectivity index is 1.24. The highest BCUT2D eigenvalue weighted by Crippen LogP contribution is 2.23. The molecule has 4 rings (SSSR count). The normalized spacial score (nSPS) is 12.6. The molecule has 36 heavy (non-hydrogen) atoms. The molecular formula is C25H29BrN8O2. The monoisotopic (exact) mass is 552 g/mol. The second-order valence-electron chi connectivity index (χ2n) is 8.25. The number of benzene rings is 2. The molecule has 5 N–H and O–H groups in total. The Hall–Kier alpha value is -3.86. The van der Waals surface area contributed by atoms with Crippen LogP contribution in [0, 0.1) is 0 Å². The van der Waals surface area contributed by atoms with Gasteiger partial charge in [-0.1, -0.05) is 24.3 Å². The summed E-state index contributed by atoms with van der Waals surface area (Å²) in [4.78, 5) is 35.0. The zero-order chi connectivity index (χ0) is 25.2. The SMILES string of the molecule is O=C(NCCCNc1nc(Nc2cccc(NC(=O)N3CCCC3)c2)ncc1Br)Nc1ccccc1. The molecule has 3 aromatic rings. The van der Waals surface area contributed by atoms with Gasteiger partial charge in [-0.2, -0.15) is 4.98 Å². The van der Waals surface area contributed by atoms with E-state index in [4.69, 9.17) is 0 Å². The lowest BCUT2D eigenvalue weighted by Gasteiger charge is -2.16. The largest absolute Gasteiger partial charge is 0.369 e. The molecule has 188 valence electrons. The first-order valence-electron chi connectivity index (χ1n) is 11.9. The molecule has 4 amide bonds. The van der Waals surface area contributed by atoms with Crippen LogP contribution in [-0.2, 0) is 0 Å². The van der Waals surface area contributed by atoms with E-state index >= 15 is 0 Å². The maximum Gasteiger partial charge on any atom is 0.321 e. The van der Waals surface area contributed by atoms with Gasteiger partial charge in [-0.3, -0.25) is 0 Å². The molecule has 0 radical (unpaired) electrons. The van der Waals surface area contributed by atoms with Crippen molar-refractivity contribution in [3.8, 4) is 0 Å². The zero-order valence-corrected chi connectivity index (χ0v) is 21.3. The van der Waals surface area contributed by atoms with Gasteiger partial charge in [-0.25, -0.2) is 14.6 Å². The standard InChI is InChI=1S/C25H29BrN8O2/c26-21-17-29-23(30-19-10-6-11-20(16-19)32-25(36)34-14-4-5-15-34)33-22(21)27-12-7-13-28-24(35)31-18-8-2-1-3-9-18/h1-3,6,8-11,16-17H,4-5,7,12-15H2,(H,32,36)(H2,28,31,35)(H2,27,29,30,33). The Bertz CT molecular complexity index is 1170. The molecule has 2 heterocycles. The Kier molecular flexibility index (Phi) is 8.92. The van der Waals surface area contributed by atoms with Crippen LogP contribution in [0.2, 0.25) is 0 Å². The first kappa shape index (κ1) is 25.2. The van der Waals surface area contributed by atoms with Crippen molar-refractivity contribution in [1.82, 2.24) is 20.2 Å². The molecule has 1 aliphatic heterocycles. The van der Waals surface area contributed by atoms with E-state index in [9.17, 15) is 9.59 Å². The average Bonchev–Trinajstić information content (AvgIpc) is 3.42. The first-order chi connectivity index (χ1) is 17.6. The van der Waals surface area contributed by atoms with Crippen LogP contribution < -0.4 is 26.6 Å². The van der Waals surface area contributed by atoms with Crippen LogP contribution in [0.3, 0.4) is 0 Å². The number of carbonyl (C=O) groups excluding carboxylic acids is 2. The fourth-order valence-corrected chi connectivity index (χ4v) is 4.00.